The number of ether oxygens (including phenoxy) is 2. The summed E-state index contributed by atoms with van der Waals surface area (Å²) < 4.78 is 13.3. The Hall–Kier alpha value is -8.60. The van der Waals surface area contributed by atoms with Gasteiger partial charge >= 0.3 is 0 Å². The summed E-state index contributed by atoms with van der Waals surface area (Å²) in [6, 6.07) is 77.9. The Morgan fingerprint density at radius 1 is 0.348 bits per heavy atom. The molecule has 15 rings (SSSR count). The molecule has 0 aromatic heterocycles. The third-order valence-corrected chi connectivity index (χ3v) is 14.8. The van der Waals surface area contributed by atoms with E-state index >= 15 is 0 Å². The molecule has 1 aliphatic carbocycles. The Morgan fingerprint density at radius 2 is 0.894 bits per heavy atom. The van der Waals surface area contributed by atoms with Crippen molar-refractivity contribution in [1.29, 1.82) is 0 Å². The Balaban J connectivity index is 1.11. The molecule has 66 heavy (non-hydrogen) atoms. The summed E-state index contributed by atoms with van der Waals surface area (Å²) in [7, 11) is 0. The molecule has 4 aliphatic rings. The maximum atomic E-state index is 6.74. The Bertz CT molecular complexity index is 3890. The normalized spacial score (nSPS) is 15.6. The van der Waals surface area contributed by atoms with Crippen molar-refractivity contribution in [2.75, 3.05) is 9.80 Å². The van der Waals surface area contributed by atoms with Crippen molar-refractivity contribution in [3.63, 3.8) is 0 Å². The zero-order valence-electron chi connectivity index (χ0n) is 35.9. The first-order valence-electron chi connectivity index (χ1n) is 22.7. The molecule has 0 radical (unpaired) electrons. The Kier molecular flexibility index (Phi) is 7.05. The van der Waals surface area contributed by atoms with Crippen LogP contribution in [0.4, 0.5) is 34.1 Å². The predicted octanol–water partition coefficient (Wildman–Crippen LogP) is 17.3. The van der Waals surface area contributed by atoms with Gasteiger partial charge in [-0.1, -0.05) is 133 Å². The van der Waals surface area contributed by atoms with Crippen LogP contribution in [0.2, 0.25) is 0 Å². The minimum Gasteiger partial charge on any atom is -0.453 e. The van der Waals surface area contributed by atoms with Crippen LogP contribution < -0.4 is 19.3 Å². The Labute approximate surface area is 381 Å². The maximum absolute atomic E-state index is 6.74. The SMILES string of the molecule is CC12c3ccc4c(c3)N(c3ccc5c(-c6cccc7ccccc67)c6cc(N7c8ccccc8Oc8ccccc87)ccc6c(c5c3)-c3ccc(c1c3)-c1ccccc12)c1ccccc1O4. The van der Waals surface area contributed by atoms with Gasteiger partial charge in [-0.2, -0.15) is 0 Å². The standard InChI is InChI=1S/C62H38N2O2/c1-62-39-26-32-59-55(34-39)64(54-21-8-11-24-58(54)66-59)41-28-31-47-48(35-41)60(38-25-29-44(51(62)33-38)43-16-4-5-18-50(43)62)46-30-27-40(36-49(46)61(47)45-17-12-14-37-13-2-3-15-42(37)45)63-52-19-6-9-22-56(52)65-57-23-10-7-20-53(57)63/h2-36H,1H3. The second-order valence-corrected chi connectivity index (χ2v) is 18.1. The summed E-state index contributed by atoms with van der Waals surface area (Å²) in [4.78, 5) is 4.78. The van der Waals surface area contributed by atoms with E-state index in [0.717, 1.165) is 57.1 Å². The van der Waals surface area contributed by atoms with Gasteiger partial charge in [-0.15, -0.1) is 0 Å². The largest absolute Gasteiger partial charge is 0.453 e. The van der Waals surface area contributed by atoms with Gasteiger partial charge in [0.25, 0.3) is 0 Å². The van der Waals surface area contributed by atoms with Crippen LogP contribution in [-0.2, 0) is 5.41 Å². The first-order chi connectivity index (χ1) is 32.6. The number of fused-ring (bicyclic) bond motifs is 16. The molecule has 11 aromatic carbocycles. The highest BCUT2D eigenvalue weighted by Gasteiger charge is 2.42. The lowest BCUT2D eigenvalue weighted by molar-refractivity contribution is 0.476. The van der Waals surface area contributed by atoms with E-state index in [-0.39, 0.29) is 0 Å². The number of para-hydroxylation sites is 6. The molecule has 6 bridgehead atoms. The van der Waals surface area contributed by atoms with Crippen molar-refractivity contribution < 1.29 is 9.47 Å². The molecule has 3 heterocycles. The maximum Gasteiger partial charge on any atom is 0.151 e. The molecule has 4 heteroatoms. The van der Waals surface area contributed by atoms with Crippen molar-refractivity contribution in [2.24, 2.45) is 0 Å². The fourth-order valence-corrected chi connectivity index (χ4v) is 11.8. The third-order valence-electron chi connectivity index (χ3n) is 14.8. The fraction of sp³-hybridized carbons (Fsp3) is 0.0323. The number of hydrogen-bond acceptors (Lipinski definition) is 4. The molecule has 3 aliphatic heterocycles. The summed E-state index contributed by atoms with van der Waals surface area (Å²) in [5, 5.41) is 7.19. The third kappa shape index (κ3) is 4.72. The molecule has 308 valence electrons. The molecular formula is C62H38N2O2. The van der Waals surface area contributed by atoms with E-state index in [0.29, 0.717) is 0 Å². The van der Waals surface area contributed by atoms with Crippen molar-refractivity contribution in [1.82, 2.24) is 0 Å². The van der Waals surface area contributed by atoms with Crippen LogP contribution in [0.5, 0.6) is 23.0 Å². The van der Waals surface area contributed by atoms with Gasteiger partial charge in [-0.25, -0.2) is 0 Å². The quantitative estimate of drug-likeness (QED) is 0.162. The van der Waals surface area contributed by atoms with Gasteiger partial charge in [0, 0.05) is 16.8 Å². The molecule has 11 aromatic rings. The zero-order valence-corrected chi connectivity index (χ0v) is 35.9. The number of nitrogens with zero attached hydrogens (tertiary/aromatic N) is 2. The lowest BCUT2D eigenvalue weighted by atomic mass is 9.73. The lowest BCUT2D eigenvalue weighted by Gasteiger charge is -2.36. The lowest BCUT2D eigenvalue weighted by Crippen LogP contribution is -2.24. The first-order valence-corrected chi connectivity index (χ1v) is 22.7. The zero-order chi connectivity index (χ0) is 43.3. The van der Waals surface area contributed by atoms with E-state index in [1.807, 2.05) is 12.1 Å². The topological polar surface area (TPSA) is 24.9 Å². The van der Waals surface area contributed by atoms with E-state index in [2.05, 4.69) is 217 Å². The molecule has 0 spiro atoms. The van der Waals surface area contributed by atoms with E-state index in [1.54, 1.807) is 0 Å². The molecule has 0 N–H and O–H groups in total. The minimum atomic E-state index is -0.436. The number of anilines is 6. The summed E-state index contributed by atoms with van der Waals surface area (Å²) >= 11 is 0. The summed E-state index contributed by atoms with van der Waals surface area (Å²) in [6.07, 6.45) is 0. The van der Waals surface area contributed by atoms with Crippen molar-refractivity contribution in [3.8, 4) is 56.4 Å². The average molecular weight is 843 g/mol. The van der Waals surface area contributed by atoms with E-state index < -0.39 is 5.41 Å². The van der Waals surface area contributed by atoms with Gasteiger partial charge in [0.15, 0.2) is 23.0 Å². The fourth-order valence-electron chi connectivity index (χ4n) is 11.8. The molecule has 1 unspecified atom stereocenters. The van der Waals surface area contributed by atoms with Gasteiger partial charge in [0.2, 0.25) is 0 Å². The van der Waals surface area contributed by atoms with Crippen molar-refractivity contribution in [2.45, 2.75) is 12.3 Å². The van der Waals surface area contributed by atoms with E-state index in [9.17, 15) is 0 Å². The minimum absolute atomic E-state index is 0.436. The van der Waals surface area contributed by atoms with Crippen LogP contribution in [0.25, 0.3) is 65.7 Å². The average Bonchev–Trinajstić information content (AvgIpc) is 3.63. The van der Waals surface area contributed by atoms with Crippen LogP contribution in [0.3, 0.4) is 0 Å². The number of hydrogen-bond donors (Lipinski definition) is 0. The molecule has 0 amide bonds. The summed E-state index contributed by atoms with van der Waals surface area (Å²) in [5.74, 6) is 3.34. The molecule has 0 fully saturated rings. The van der Waals surface area contributed by atoms with Crippen LogP contribution in [0, 0.1) is 0 Å². The number of rotatable bonds is 2. The predicted molar refractivity (Wildman–Crippen MR) is 270 cm³/mol. The molecule has 1 atom stereocenters. The van der Waals surface area contributed by atoms with Gasteiger partial charge in [0.05, 0.1) is 22.7 Å². The van der Waals surface area contributed by atoms with Crippen LogP contribution >= 0.6 is 0 Å². The second kappa shape index (κ2) is 13.0. The summed E-state index contributed by atoms with van der Waals surface area (Å²) in [6.45, 7) is 2.41. The first kappa shape index (κ1) is 35.8. The molecule has 0 saturated heterocycles. The molecule has 4 nitrogen and oxygen atoms in total. The monoisotopic (exact) mass is 842 g/mol. The van der Waals surface area contributed by atoms with Crippen LogP contribution in [0.1, 0.15) is 23.6 Å². The van der Waals surface area contributed by atoms with E-state index in [4.69, 9.17) is 9.47 Å². The van der Waals surface area contributed by atoms with Gasteiger partial charge in [-0.05, 0) is 168 Å². The van der Waals surface area contributed by atoms with Gasteiger partial charge < -0.3 is 19.3 Å². The second-order valence-electron chi connectivity index (χ2n) is 18.1. The smallest absolute Gasteiger partial charge is 0.151 e. The van der Waals surface area contributed by atoms with Crippen molar-refractivity contribution in [3.05, 3.63) is 229 Å². The molecular weight excluding hydrogens is 805 g/mol. The van der Waals surface area contributed by atoms with Gasteiger partial charge in [0.1, 0.15) is 0 Å². The molecule has 0 saturated carbocycles. The van der Waals surface area contributed by atoms with Crippen molar-refractivity contribution >= 4 is 66.4 Å². The van der Waals surface area contributed by atoms with Crippen LogP contribution in [0.15, 0.2) is 212 Å². The van der Waals surface area contributed by atoms with Crippen LogP contribution in [-0.4, -0.2) is 0 Å². The highest BCUT2D eigenvalue weighted by molar-refractivity contribution is 6.25. The van der Waals surface area contributed by atoms with E-state index in [1.165, 1.54) is 82.4 Å². The summed E-state index contributed by atoms with van der Waals surface area (Å²) in [5.41, 5.74) is 17.0. The number of benzene rings is 11. The highest BCUT2D eigenvalue weighted by Crippen LogP contribution is 2.59. The highest BCUT2D eigenvalue weighted by atomic mass is 16.5. The van der Waals surface area contributed by atoms with Gasteiger partial charge in [-0.3, -0.25) is 0 Å². The Morgan fingerprint density at radius 3 is 1.62 bits per heavy atom.